The number of nitrogens with one attached hydrogen (secondary N) is 2. The highest BCUT2D eigenvalue weighted by Crippen LogP contribution is 2.31. The number of amides is 1. The summed E-state index contributed by atoms with van der Waals surface area (Å²) < 4.78 is 15.5. The van der Waals surface area contributed by atoms with E-state index in [1.807, 2.05) is 4.68 Å². The van der Waals surface area contributed by atoms with Crippen LogP contribution in [0.25, 0.3) is 0 Å². The number of benzene rings is 1. The van der Waals surface area contributed by atoms with E-state index in [1.54, 1.807) is 18.3 Å². The maximum Gasteiger partial charge on any atom is 0.244 e. The Labute approximate surface area is 138 Å². The van der Waals surface area contributed by atoms with Gasteiger partial charge in [0.05, 0.1) is 24.5 Å². The molecule has 2 N–H and O–H groups in total. The average Bonchev–Trinajstić information content (AvgIpc) is 3.17. The van der Waals surface area contributed by atoms with Crippen molar-refractivity contribution in [2.45, 2.75) is 31.7 Å². The van der Waals surface area contributed by atoms with Gasteiger partial charge in [-0.25, -0.2) is 9.07 Å². The number of anilines is 2. The first kappa shape index (κ1) is 15.8. The molecule has 0 saturated heterocycles. The monoisotopic (exact) mass is 336 g/mol. The van der Waals surface area contributed by atoms with Crippen LogP contribution in [0.4, 0.5) is 15.9 Å². The molecule has 0 aliphatic heterocycles. The van der Waals surface area contributed by atoms with Gasteiger partial charge in [-0.2, -0.15) is 5.10 Å². The minimum absolute atomic E-state index is 0.0333. The number of aromatic nitrogens is 2. The molecule has 1 saturated carbocycles. The van der Waals surface area contributed by atoms with Crippen LogP contribution in [-0.2, 0) is 4.79 Å². The molecule has 1 aromatic heterocycles. The first-order valence-corrected chi connectivity index (χ1v) is 8.03. The fourth-order valence-electron chi connectivity index (χ4n) is 2.85. The summed E-state index contributed by atoms with van der Waals surface area (Å²) in [5.74, 6) is -0.0549. The third-order valence-electron chi connectivity index (χ3n) is 3.98. The smallest absolute Gasteiger partial charge is 0.244 e. The Morgan fingerprint density at radius 3 is 2.87 bits per heavy atom. The van der Waals surface area contributed by atoms with E-state index in [4.69, 9.17) is 11.6 Å². The SMILES string of the molecule is O=C(CNc1ccc(Cl)cc1F)Nc1ccnn1C1CCCC1. The molecule has 1 aliphatic carbocycles. The van der Waals surface area contributed by atoms with Crippen molar-refractivity contribution in [2.24, 2.45) is 0 Å². The van der Waals surface area contributed by atoms with Crippen LogP contribution in [0.2, 0.25) is 5.02 Å². The van der Waals surface area contributed by atoms with Crippen LogP contribution < -0.4 is 10.6 Å². The van der Waals surface area contributed by atoms with Crippen LogP contribution in [0, 0.1) is 5.82 Å². The predicted octanol–water partition coefficient (Wildman–Crippen LogP) is 3.84. The van der Waals surface area contributed by atoms with Crippen molar-refractivity contribution in [1.82, 2.24) is 9.78 Å². The molecule has 122 valence electrons. The molecule has 0 unspecified atom stereocenters. The van der Waals surface area contributed by atoms with E-state index >= 15 is 0 Å². The van der Waals surface area contributed by atoms with E-state index in [-0.39, 0.29) is 18.1 Å². The molecule has 0 atom stereocenters. The van der Waals surface area contributed by atoms with Gasteiger partial charge in [0.2, 0.25) is 5.91 Å². The third-order valence-corrected chi connectivity index (χ3v) is 4.21. The van der Waals surface area contributed by atoms with E-state index in [2.05, 4.69) is 15.7 Å². The van der Waals surface area contributed by atoms with Crippen LogP contribution in [0.15, 0.2) is 30.5 Å². The average molecular weight is 337 g/mol. The lowest BCUT2D eigenvalue weighted by Crippen LogP contribution is -2.24. The van der Waals surface area contributed by atoms with Gasteiger partial charge in [0.15, 0.2) is 0 Å². The summed E-state index contributed by atoms with van der Waals surface area (Å²) >= 11 is 5.70. The van der Waals surface area contributed by atoms with Gasteiger partial charge < -0.3 is 10.6 Å². The number of hydrogen-bond donors (Lipinski definition) is 2. The summed E-state index contributed by atoms with van der Waals surface area (Å²) in [6.45, 7) is -0.0333. The lowest BCUT2D eigenvalue weighted by atomic mass is 10.2. The highest BCUT2D eigenvalue weighted by molar-refractivity contribution is 6.30. The van der Waals surface area contributed by atoms with E-state index in [0.717, 1.165) is 12.8 Å². The Bertz CT molecular complexity index is 697. The summed E-state index contributed by atoms with van der Waals surface area (Å²) in [6.07, 6.45) is 6.22. The van der Waals surface area contributed by atoms with Gasteiger partial charge in [0, 0.05) is 11.1 Å². The van der Waals surface area contributed by atoms with Crippen molar-refractivity contribution in [2.75, 3.05) is 17.2 Å². The maximum atomic E-state index is 13.7. The first-order valence-electron chi connectivity index (χ1n) is 7.66. The van der Waals surface area contributed by atoms with Crippen molar-refractivity contribution in [3.8, 4) is 0 Å². The molecule has 7 heteroatoms. The van der Waals surface area contributed by atoms with Gasteiger partial charge >= 0.3 is 0 Å². The van der Waals surface area contributed by atoms with Gasteiger partial charge in [-0.05, 0) is 31.0 Å². The minimum atomic E-state index is -0.485. The van der Waals surface area contributed by atoms with E-state index in [0.29, 0.717) is 16.9 Å². The fourth-order valence-corrected chi connectivity index (χ4v) is 3.01. The second-order valence-electron chi connectivity index (χ2n) is 5.63. The summed E-state index contributed by atoms with van der Waals surface area (Å²) in [6, 6.07) is 6.41. The van der Waals surface area contributed by atoms with Gasteiger partial charge in [-0.15, -0.1) is 0 Å². The Hall–Kier alpha value is -2.08. The van der Waals surface area contributed by atoms with Crippen LogP contribution in [0.1, 0.15) is 31.7 Å². The second kappa shape index (κ2) is 7.00. The quantitative estimate of drug-likeness (QED) is 0.872. The van der Waals surface area contributed by atoms with E-state index in [1.165, 1.54) is 25.0 Å². The molecular formula is C16H18ClFN4O. The Morgan fingerprint density at radius 1 is 1.35 bits per heavy atom. The highest BCUT2D eigenvalue weighted by Gasteiger charge is 2.20. The van der Waals surface area contributed by atoms with Gasteiger partial charge in [0.25, 0.3) is 0 Å². The fraction of sp³-hybridized carbons (Fsp3) is 0.375. The summed E-state index contributed by atoms with van der Waals surface area (Å²) in [7, 11) is 0. The summed E-state index contributed by atoms with van der Waals surface area (Å²) in [5.41, 5.74) is 0.244. The zero-order valence-corrected chi connectivity index (χ0v) is 13.3. The molecule has 1 heterocycles. The largest absolute Gasteiger partial charge is 0.374 e. The molecule has 23 heavy (non-hydrogen) atoms. The number of halogens is 2. The standard InChI is InChI=1S/C16H18ClFN4O/c17-11-5-6-14(13(18)9-11)19-10-16(23)21-15-7-8-20-22(15)12-3-1-2-4-12/h5-9,12,19H,1-4,10H2,(H,21,23). The second-order valence-corrected chi connectivity index (χ2v) is 6.06. The molecule has 0 spiro atoms. The topological polar surface area (TPSA) is 59.0 Å². The van der Waals surface area contributed by atoms with Crippen LogP contribution in [-0.4, -0.2) is 22.2 Å². The van der Waals surface area contributed by atoms with E-state index < -0.39 is 5.82 Å². The molecule has 0 bridgehead atoms. The van der Waals surface area contributed by atoms with Gasteiger partial charge in [0.1, 0.15) is 11.6 Å². The Balaban J connectivity index is 1.58. The first-order chi connectivity index (χ1) is 11.1. The molecule has 1 amide bonds. The molecule has 2 aromatic rings. The van der Waals surface area contributed by atoms with Gasteiger partial charge in [-0.3, -0.25) is 4.79 Å². The lowest BCUT2D eigenvalue weighted by molar-refractivity contribution is -0.114. The van der Waals surface area contributed by atoms with Crippen LogP contribution in [0.5, 0.6) is 0 Å². The van der Waals surface area contributed by atoms with Crippen LogP contribution >= 0.6 is 11.6 Å². The molecule has 5 nitrogen and oxygen atoms in total. The number of hydrogen-bond acceptors (Lipinski definition) is 3. The number of rotatable bonds is 5. The molecular weight excluding hydrogens is 319 g/mol. The van der Waals surface area contributed by atoms with Crippen molar-refractivity contribution < 1.29 is 9.18 Å². The number of carbonyl (C=O) groups excluding carboxylic acids is 1. The Kier molecular flexibility index (Phi) is 4.81. The van der Waals surface area contributed by atoms with Crippen LogP contribution in [0.3, 0.4) is 0 Å². The molecule has 3 rings (SSSR count). The third kappa shape index (κ3) is 3.82. The Morgan fingerprint density at radius 2 is 2.13 bits per heavy atom. The maximum absolute atomic E-state index is 13.7. The minimum Gasteiger partial charge on any atom is -0.374 e. The van der Waals surface area contributed by atoms with Gasteiger partial charge in [-0.1, -0.05) is 24.4 Å². The number of carbonyl (C=O) groups is 1. The molecule has 1 aliphatic rings. The zero-order chi connectivity index (χ0) is 16.2. The van der Waals surface area contributed by atoms with Crippen molar-refractivity contribution in [3.63, 3.8) is 0 Å². The van der Waals surface area contributed by atoms with Crippen molar-refractivity contribution in [3.05, 3.63) is 41.3 Å². The summed E-state index contributed by atoms with van der Waals surface area (Å²) in [5, 5.41) is 10.2. The predicted molar refractivity (Wildman–Crippen MR) is 88.3 cm³/mol. The summed E-state index contributed by atoms with van der Waals surface area (Å²) in [4.78, 5) is 12.1. The van der Waals surface area contributed by atoms with Crippen molar-refractivity contribution in [1.29, 1.82) is 0 Å². The number of nitrogens with zero attached hydrogens (tertiary/aromatic N) is 2. The lowest BCUT2D eigenvalue weighted by Gasteiger charge is -2.15. The normalized spacial score (nSPS) is 14.9. The highest BCUT2D eigenvalue weighted by atomic mass is 35.5. The van der Waals surface area contributed by atoms with E-state index in [9.17, 15) is 9.18 Å². The molecule has 0 radical (unpaired) electrons. The zero-order valence-electron chi connectivity index (χ0n) is 12.6. The van der Waals surface area contributed by atoms with Crippen molar-refractivity contribution >= 4 is 29.0 Å². The molecule has 1 aromatic carbocycles. The molecule has 1 fully saturated rings.